The van der Waals surface area contributed by atoms with Crippen molar-refractivity contribution < 1.29 is 27.4 Å². The largest absolute Gasteiger partial charge is 0.418 e. The van der Waals surface area contributed by atoms with Gasteiger partial charge in [0.05, 0.1) is 30.9 Å². The van der Waals surface area contributed by atoms with Gasteiger partial charge < -0.3 is 25.0 Å². The van der Waals surface area contributed by atoms with E-state index in [1.54, 1.807) is 31.3 Å². The van der Waals surface area contributed by atoms with Crippen LogP contribution in [0.1, 0.15) is 11.1 Å². The van der Waals surface area contributed by atoms with Crippen molar-refractivity contribution in [2.75, 3.05) is 42.3 Å². The third-order valence-corrected chi connectivity index (χ3v) is 4.92. The number of ether oxygens (including phenoxy) is 2. The molecule has 1 amide bonds. The molecule has 9 heteroatoms. The van der Waals surface area contributed by atoms with Crippen LogP contribution in [0.3, 0.4) is 0 Å². The number of amides is 1. The van der Waals surface area contributed by atoms with E-state index in [4.69, 9.17) is 9.47 Å². The van der Waals surface area contributed by atoms with E-state index in [9.17, 15) is 18.0 Å². The van der Waals surface area contributed by atoms with Crippen LogP contribution in [0.25, 0.3) is 5.57 Å². The van der Waals surface area contributed by atoms with Crippen LogP contribution in [0, 0.1) is 0 Å². The standard InChI is InChI=1S/C21H20F3N3O3/c1-27(12-19-29-8-9-30-19)18-7-6-13(10-16(18)21(22,23)24)25-11-15-14-4-2-3-5-17(14)26-20(15)28/h2-7,10-11,19,25H,8-9,12H2,1H3,(H,26,28). The van der Waals surface area contributed by atoms with Gasteiger partial charge in [0.1, 0.15) is 0 Å². The highest BCUT2D eigenvalue weighted by molar-refractivity contribution is 6.31. The molecular weight excluding hydrogens is 399 g/mol. The quantitative estimate of drug-likeness (QED) is 0.720. The SMILES string of the molecule is CN(CC1OCCO1)c1ccc(NC=C2C(=O)Nc3ccccc32)cc1C(F)(F)F. The molecule has 0 saturated carbocycles. The number of carbonyl (C=O) groups excluding carboxylic acids is 1. The number of carbonyl (C=O) groups is 1. The second-order valence-corrected chi connectivity index (χ2v) is 6.98. The Labute approximate surface area is 171 Å². The summed E-state index contributed by atoms with van der Waals surface area (Å²) in [6.07, 6.45) is -3.69. The van der Waals surface area contributed by atoms with Crippen LogP contribution in [0.4, 0.5) is 30.2 Å². The molecule has 0 unspecified atom stereocenters. The normalized spacial score (nSPS) is 17.9. The Morgan fingerprint density at radius 3 is 2.67 bits per heavy atom. The van der Waals surface area contributed by atoms with Gasteiger partial charge in [0, 0.05) is 35.9 Å². The Bertz CT molecular complexity index is 985. The maximum absolute atomic E-state index is 13.7. The molecule has 2 aromatic rings. The third kappa shape index (κ3) is 4.12. The number of hydrogen-bond donors (Lipinski definition) is 2. The smallest absolute Gasteiger partial charge is 0.369 e. The number of alkyl halides is 3. The molecule has 2 N–H and O–H groups in total. The highest BCUT2D eigenvalue weighted by Crippen LogP contribution is 2.38. The summed E-state index contributed by atoms with van der Waals surface area (Å²) >= 11 is 0. The first-order chi connectivity index (χ1) is 14.3. The van der Waals surface area contributed by atoms with E-state index in [-0.39, 0.29) is 23.8 Å². The number of hydrogen-bond acceptors (Lipinski definition) is 5. The van der Waals surface area contributed by atoms with E-state index < -0.39 is 18.0 Å². The first kappa shape index (κ1) is 20.2. The number of nitrogens with one attached hydrogen (secondary N) is 2. The number of anilines is 3. The maximum Gasteiger partial charge on any atom is 0.418 e. The number of likely N-dealkylation sites (N-methyl/N-ethyl adjacent to an activating group) is 1. The second-order valence-electron chi connectivity index (χ2n) is 6.98. The summed E-state index contributed by atoms with van der Waals surface area (Å²) in [5.74, 6) is -0.312. The topological polar surface area (TPSA) is 62.8 Å². The number of para-hydroxylation sites is 1. The van der Waals surface area contributed by atoms with Gasteiger partial charge in [-0.2, -0.15) is 13.2 Å². The van der Waals surface area contributed by atoms with Crippen molar-refractivity contribution in [2.45, 2.75) is 12.5 Å². The number of nitrogens with zero attached hydrogens (tertiary/aromatic N) is 1. The minimum Gasteiger partial charge on any atom is -0.369 e. The van der Waals surface area contributed by atoms with Crippen LogP contribution in [0.5, 0.6) is 0 Å². The molecular formula is C21H20F3N3O3. The minimum absolute atomic E-state index is 0.0174. The lowest BCUT2D eigenvalue weighted by Gasteiger charge is -2.26. The summed E-state index contributed by atoms with van der Waals surface area (Å²) in [7, 11) is 1.56. The van der Waals surface area contributed by atoms with Crippen LogP contribution in [0.15, 0.2) is 48.7 Å². The fourth-order valence-corrected chi connectivity index (χ4v) is 3.46. The Morgan fingerprint density at radius 2 is 1.93 bits per heavy atom. The van der Waals surface area contributed by atoms with Gasteiger partial charge in [-0.05, 0) is 24.3 Å². The highest BCUT2D eigenvalue weighted by Gasteiger charge is 2.35. The molecule has 0 radical (unpaired) electrons. The Morgan fingerprint density at radius 1 is 1.20 bits per heavy atom. The molecule has 2 heterocycles. The van der Waals surface area contributed by atoms with Crippen molar-refractivity contribution in [2.24, 2.45) is 0 Å². The van der Waals surface area contributed by atoms with Gasteiger partial charge >= 0.3 is 6.18 Å². The summed E-state index contributed by atoms with van der Waals surface area (Å²) in [4.78, 5) is 13.6. The van der Waals surface area contributed by atoms with E-state index in [2.05, 4.69) is 10.6 Å². The van der Waals surface area contributed by atoms with E-state index in [1.165, 1.54) is 23.2 Å². The Kier molecular flexibility index (Phi) is 5.40. The zero-order valence-corrected chi connectivity index (χ0v) is 16.1. The van der Waals surface area contributed by atoms with Crippen molar-refractivity contribution in [3.05, 3.63) is 59.8 Å². The zero-order chi connectivity index (χ0) is 21.3. The van der Waals surface area contributed by atoms with Gasteiger partial charge in [-0.3, -0.25) is 4.79 Å². The molecule has 0 bridgehead atoms. The molecule has 2 aliphatic heterocycles. The van der Waals surface area contributed by atoms with Crippen molar-refractivity contribution in [1.82, 2.24) is 0 Å². The number of halogens is 3. The minimum atomic E-state index is -4.55. The molecule has 1 fully saturated rings. The van der Waals surface area contributed by atoms with Crippen molar-refractivity contribution in [3.8, 4) is 0 Å². The predicted octanol–water partition coefficient (Wildman–Crippen LogP) is 3.92. The summed E-state index contributed by atoms with van der Waals surface area (Å²) < 4.78 is 51.8. The zero-order valence-electron chi connectivity index (χ0n) is 16.1. The van der Waals surface area contributed by atoms with Gasteiger partial charge in [-0.15, -0.1) is 0 Å². The fraction of sp³-hybridized carbons (Fsp3) is 0.286. The van der Waals surface area contributed by atoms with Crippen LogP contribution in [0.2, 0.25) is 0 Å². The van der Waals surface area contributed by atoms with Gasteiger partial charge in [0.25, 0.3) is 5.91 Å². The Balaban J connectivity index is 1.58. The first-order valence-electron chi connectivity index (χ1n) is 9.36. The molecule has 2 aromatic carbocycles. The third-order valence-electron chi connectivity index (χ3n) is 4.92. The van der Waals surface area contributed by atoms with Crippen LogP contribution < -0.4 is 15.5 Å². The highest BCUT2D eigenvalue weighted by atomic mass is 19.4. The molecule has 0 aliphatic carbocycles. The van der Waals surface area contributed by atoms with E-state index in [0.29, 0.717) is 30.0 Å². The molecule has 6 nitrogen and oxygen atoms in total. The molecule has 0 atom stereocenters. The lowest BCUT2D eigenvalue weighted by atomic mass is 10.1. The number of benzene rings is 2. The fourth-order valence-electron chi connectivity index (χ4n) is 3.46. The average molecular weight is 419 g/mol. The predicted molar refractivity (Wildman–Crippen MR) is 107 cm³/mol. The lowest BCUT2D eigenvalue weighted by Crippen LogP contribution is -2.31. The molecule has 1 saturated heterocycles. The molecule has 2 aliphatic rings. The number of rotatable bonds is 5. The number of fused-ring (bicyclic) bond motifs is 1. The van der Waals surface area contributed by atoms with Gasteiger partial charge in [0.2, 0.25) is 0 Å². The second kappa shape index (κ2) is 8.00. The van der Waals surface area contributed by atoms with Gasteiger partial charge in [0.15, 0.2) is 6.29 Å². The Hall–Kier alpha value is -3.04. The first-order valence-corrected chi connectivity index (χ1v) is 9.36. The summed E-state index contributed by atoms with van der Waals surface area (Å²) in [6, 6.07) is 11.1. The summed E-state index contributed by atoms with van der Waals surface area (Å²) in [6.45, 7) is 1.04. The molecule has 30 heavy (non-hydrogen) atoms. The monoisotopic (exact) mass is 419 g/mol. The van der Waals surface area contributed by atoms with E-state index >= 15 is 0 Å². The van der Waals surface area contributed by atoms with Gasteiger partial charge in [-0.25, -0.2) is 0 Å². The van der Waals surface area contributed by atoms with Crippen LogP contribution >= 0.6 is 0 Å². The van der Waals surface area contributed by atoms with Crippen LogP contribution in [-0.4, -0.2) is 39.0 Å². The van der Waals surface area contributed by atoms with Crippen molar-refractivity contribution in [3.63, 3.8) is 0 Å². The van der Waals surface area contributed by atoms with Crippen molar-refractivity contribution >= 4 is 28.5 Å². The molecule has 0 aromatic heterocycles. The maximum atomic E-state index is 13.7. The molecule has 4 rings (SSSR count). The van der Waals surface area contributed by atoms with E-state index in [0.717, 1.165) is 6.07 Å². The molecule has 158 valence electrons. The van der Waals surface area contributed by atoms with Gasteiger partial charge in [-0.1, -0.05) is 18.2 Å². The molecule has 0 spiro atoms. The summed E-state index contributed by atoms with van der Waals surface area (Å²) in [5, 5.41) is 5.54. The van der Waals surface area contributed by atoms with E-state index in [1.807, 2.05) is 0 Å². The lowest BCUT2D eigenvalue weighted by molar-refractivity contribution is -0.137. The van der Waals surface area contributed by atoms with Crippen LogP contribution in [-0.2, 0) is 20.4 Å². The van der Waals surface area contributed by atoms with Crippen molar-refractivity contribution in [1.29, 1.82) is 0 Å². The summed E-state index contributed by atoms with van der Waals surface area (Å²) in [5.41, 5.74) is 1.17. The average Bonchev–Trinajstić information content (AvgIpc) is 3.32.